The highest BCUT2D eigenvalue weighted by atomic mass is 19.3. The van der Waals surface area contributed by atoms with Crippen LogP contribution in [0.5, 0.6) is 5.75 Å². The molecule has 0 unspecified atom stereocenters. The van der Waals surface area contributed by atoms with Crippen LogP contribution in [0.4, 0.5) is 19.3 Å². The summed E-state index contributed by atoms with van der Waals surface area (Å²) in [5.74, 6) is -1.30. The van der Waals surface area contributed by atoms with Crippen LogP contribution in [0.25, 0.3) is 0 Å². The number of nitrogens with one attached hydrogen (secondary N) is 2. The second kappa shape index (κ2) is 7.75. The lowest BCUT2D eigenvalue weighted by Gasteiger charge is -2.27. The molecular formula is C15H18F2N2O4. The molecule has 0 saturated heterocycles. The summed E-state index contributed by atoms with van der Waals surface area (Å²) in [4.78, 5) is 22.8. The van der Waals surface area contributed by atoms with E-state index in [0.29, 0.717) is 25.7 Å². The van der Waals surface area contributed by atoms with Crippen LogP contribution in [-0.2, 0) is 4.79 Å². The molecule has 1 fully saturated rings. The molecule has 126 valence electrons. The van der Waals surface area contributed by atoms with Crippen LogP contribution in [0, 0.1) is 5.92 Å². The highest BCUT2D eigenvalue weighted by molar-refractivity contribution is 5.91. The van der Waals surface area contributed by atoms with Gasteiger partial charge in [0.15, 0.2) is 0 Å². The van der Waals surface area contributed by atoms with Crippen molar-refractivity contribution < 1.29 is 28.2 Å². The van der Waals surface area contributed by atoms with Gasteiger partial charge in [0.1, 0.15) is 5.75 Å². The molecule has 0 bridgehead atoms. The zero-order valence-electron chi connectivity index (χ0n) is 12.3. The van der Waals surface area contributed by atoms with Gasteiger partial charge >= 0.3 is 18.6 Å². The largest absolute Gasteiger partial charge is 0.481 e. The molecule has 0 aliphatic heterocycles. The Morgan fingerprint density at radius 2 is 1.83 bits per heavy atom. The normalized spacial score (nSPS) is 20.8. The number of benzene rings is 1. The summed E-state index contributed by atoms with van der Waals surface area (Å²) in [5.41, 5.74) is 0.143. The van der Waals surface area contributed by atoms with E-state index in [1.165, 1.54) is 18.2 Å². The standard InChI is InChI=1S/C15H18F2N2O4/c16-14(17)23-12-4-2-1-3-11(12)19-15(22)18-10-7-5-9(6-8-10)13(20)21/h1-4,9-10,14H,5-8H2,(H,20,21)(H2,18,19,22). The predicted octanol–water partition coefficient (Wildman–Crippen LogP) is 3.05. The third-order valence-corrected chi connectivity index (χ3v) is 3.76. The third kappa shape index (κ3) is 5.08. The Kier molecular flexibility index (Phi) is 5.72. The van der Waals surface area contributed by atoms with Crippen molar-refractivity contribution in [3.63, 3.8) is 0 Å². The summed E-state index contributed by atoms with van der Waals surface area (Å²) < 4.78 is 29.0. The Morgan fingerprint density at radius 1 is 1.17 bits per heavy atom. The van der Waals surface area contributed by atoms with Crippen LogP contribution >= 0.6 is 0 Å². The maximum Gasteiger partial charge on any atom is 0.387 e. The number of aliphatic carboxylic acids is 1. The minimum Gasteiger partial charge on any atom is -0.481 e. The smallest absolute Gasteiger partial charge is 0.387 e. The fraction of sp³-hybridized carbons (Fsp3) is 0.467. The lowest BCUT2D eigenvalue weighted by atomic mass is 9.86. The zero-order valence-corrected chi connectivity index (χ0v) is 12.3. The van der Waals surface area contributed by atoms with Crippen molar-refractivity contribution in [2.24, 2.45) is 5.92 Å². The molecule has 1 aromatic carbocycles. The van der Waals surface area contributed by atoms with Crippen LogP contribution in [0.3, 0.4) is 0 Å². The van der Waals surface area contributed by atoms with Gasteiger partial charge in [0.2, 0.25) is 0 Å². The molecule has 2 rings (SSSR count). The summed E-state index contributed by atoms with van der Waals surface area (Å²) in [7, 11) is 0. The number of hydrogen-bond acceptors (Lipinski definition) is 3. The summed E-state index contributed by atoms with van der Waals surface area (Å²) in [6, 6.07) is 5.24. The number of urea groups is 1. The number of amides is 2. The van der Waals surface area contributed by atoms with Gasteiger partial charge in [0.05, 0.1) is 11.6 Å². The van der Waals surface area contributed by atoms with Crippen molar-refractivity contribution in [1.29, 1.82) is 0 Å². The van der Waals surface area contributed by atoms with E-state index in [-0.39, 0.29) is 23.4 Å². The van der Waals surface area contributed by atoms with Gasteiger partial charge in [-0.1, -0.05) is 12.1 Å². The molecule has 0 radical (unpaired) electrons. The van der Waals surface area contributed by atoms with Gasteiger partial charge in [-0.3, -0.25) is 4.79 Å². The molecule has 1 aliphatic carbocycles. The van der Waals surface area contributed by atoms with Gasteiger partial charge in [0.25, 0.3) is 0 Å². The number of carboxylic acid groups (broad SMARTS) is 1. The Hall–Kier alpha value is -2.38. The van der Waals surface area contributed by atoms with Crippen molar-refractivity contribution in [3.8, 4) is 5.75 Å². The predicted molar refractivity (Wildman–Crippen MR) is 78.6 cm³/mol. The molecular weight excluding hydrogens is 310 g/mol. The van der Waals surface area contributed by atoms with Crippen LogP contribution < -0.4 is 15.4 Å². The van der Waals surface area contributed by atoms with Gasteiger partial charge in [-0.25, -0.2) is 4.79 Å². The second-order valence-electron chi connectivity index (χ2n) is 5.36. The number of para-hydroxylation sites is 2. The minimum absolute atomic E-state index is 0.118. The lowest BCUT2D eigenvalue weighted by molar-refractivity contribution is -0.142. The van der Waals surface area contributed by atoms with Crippen molar-refractivity contribution in [1.82, 2.24) is 5.32 Å². The first kappa shape index (κ1) is 17.0. The Bertz CT molecular complexity index is 560. The number of alkyl halides is 2. The highest BCUT2D eigenvalue weighted by Crippen LogP contribution is 2.26. The van der Waals surface area contributed by atoms with E-state index in [4.69, 9.17) is 5.11 Å². The zero-order chi connectivity index (χ0) is 16.8. The maximum absolute atomic E-state index is 12.3. The van der Waals surface area contributed by atoms with Gasteiger partial charge in [-0.2, -0.15) is 8.78 Å². The second-order valence-corrected chi connectivity index (χ2v) is 5.36. The van der Waals surface area contributed by atoms with E-state index >= 15 is 0 Å². The first-order valence-corrected chi connectivity index (χ1v) is 7.30. The van der Waals surface area contributed by atoms with E-state index < -0.39 is 18.6 Å². The van der Waals surface area contributed by atoms with Gasteiger partial charge in [0, 0.05) is 6.04 Å². The quantitative estimate of drug-likeness (QED) is 0.775. The summed E-state index contributed by atoms with van der Waals surface area (Å²) in [6.45, 7) is -2.98. The number of ether oxygens (including phenoxy) is 1. The first-order valence-electron chi connectivity index (χ1n) is 7.30. The van der Waals surface area contributed by atoms with Crippen LogP contribution in [0.1, 0.15) is 25.7 Å². The molecule has 23 heavy (non-hydrogen) atoms. The van der Waals surface area contributed by atoms with Gasteiger partial charge < -0.3 is 20.5 Å². The molecule has 6 nitrogen and oxygen atoms in total. The monoisotopic (exact) mass is 328 g/mol. The first-order chi connectivity index (χ1) is 11.0. The molecule has 1 aromatic rings. The van der Waals surface area contributed by atoms with Crippen molar-refractivity contribution >= 4 is 17.7 Å². The van der Waals surface area contributed by atoms with Gasteiger partial charge in [-0.15, -0.1) is 0 Å². The number of carboxylic acids is 1. The highest BCUT2D eigenvalue weighted by Gasteiger charge is 2.26. The average molecular weight is 328 g/mol. The fourth-order valence-electron chi connectivity index (χ4n) is 2.60. The molecule has 2 amide bonds. The minimum atomic E-state index is -2.98. The Morgan fingerprint density at radius 3 is 2.43 bits per heavy atom. The molecule has 0 heterocycles. The van der Waals surface area contributed by atoms with Crippen molar-refractivity contribution in [3.05, 3.63) is 24.3 Å². The molecule has 0 atom stereocenters. The molecule has 1 saturated carbocycles. The van der Waals surface area contributed by atoms with Crippen LogP contribution in [0.2, 0.25) is 0 Å². The summed E-state index contributed by atoms with van der Waals surface area (Å²) in [5, 5.41) is 14.1. The molecule has 0 spiro atoms. The van der Waals surface area contributed by atoms with Crippen LogP contribution in [-0.4, -0.2) is 29.8 Å². The average Bonchev–Trinajstić information content (AvgIpc) is 2.49. The number of carbonyl (C=O) groups is 2. The maximum atomic E-state index is 12.3. The number of carbonyl (C=O) groups excluding carboxylic acids is 1. The molecule has 3 N–H and O–H groups in total. The molecule has 8 heteroatoms. The van der Waals surface area contributed by atoms with Crippen LogP contribution in [0.15, 0.2) is 24.3 Å². The number of rotatable bonds is 5. The SMILES string of the molecule is O=C(Nc1ccccc1OC(F)F)NC1CCC(C(=O)O)CC1. The number of hydrogen-bond donors (Lipinski definition) is 3. The summed E-state index contributed by atoms with van der Waals surface area (Å²) >= 11 is 0. The van der Waals surface area contributed by atoms with E-state index in [1.807, 2.05) is 0 Å². The van der Waals surface area contributed by atoms with Crippen molar-refractivity contribution in [2.45, 2.75) is 38.3 Å². The number of anilines is 1. The summed E-state index contributed by atoms with van der Waals surface area (Å²) in [6.07, 6.45) is 2.15. The van der Waals surface area contributed by atoms with Gasteiger partial charge in [-0.05, 0) is 37.8 Å². The molecule has 1 aliphatic rings. The lowest BCUT2D eigenvalue weighted by Crippen LogP contribution is -2.41. The Labute approximate surface area is 131 Å². The third-order valence-electron chi connectivity index (χ3n) is 3.76. The Balaban J connectivity index is 1.87. The van der Waals surface area contributed by atoms with E-state index in [2.05, 4.69) is 15.4 Å². The van der Waals surface area contributed by atoms with E-state index in [0.717, 1.165) is 0 Å². The number of halogens is 2. The topological polar surface area (TPSA) is 87.7 Å². The van der Waals surface area contributed by atoms with E-state index in [9.17, 15) is 18.4 Å². The molecule has 0 aromatic heterocycles. The van der Waals surface area contributed by atoms with E-state index in [1.54, 1.807) is 6.07 Å². The fourth-order valence-corrected chi connectivity index (χ4v) is 2.60. The van der Waals surface area contributed by atoms with Crippen molar-refractivity contribution in [2.75, 3.05) is 5.32 Å².